The normalized spacial score (nSPS) is 12.5. The molecule has 31 heavy (non-hydrogen) atoms. The summed E-state index contributed by atoms with van der Waals surface area (Å²) >= 11 is 1.77. The Bertz CT molecular complexity index is 931. The molecule has 170 valence electrons. The molecule has 0 radical (unpaired) electrons. The predicted molar refractivity (Wildman–Crippen MR) is 124 cm³/mol. The molecular weight excluding hydrogens is 416 g/mol. The number of aromatic nitrogens is 2. The van der Waals surface area contributed by atoms with E-state index in [9.17, 15) is 14.7 Å². The molecule has 1 aromatic heterocycles. The minimum atomic E-state index is -1.25. The summed E-state index contributed by atoms with van der Waals surface area (Å²) < 4.78 is 5.34. The second-order valence-electron chi connectivity index (χ2n) is 8.58. The Balaban J connectivity index is 1.84. The summed E-state index contributed by atoms with van der Waals surface area (Å²) in [5, 5.41) is 14.9. The molecule has 2 aromatic rings. The number of nitrogens with zero attached hydrogens (tertiary/aromatic N) is 1. The number of thioether (sulfide) groups is 1. The number of hydrogen-bond acceptors (Lipinski definition) is 6. The van der Waals surface area contributed by atoms with Gasteiger partial charge in [0.1, 0.15) is 0 Å². The average molecular weight is 449 g/mol. The third-order valence-corrected chi connectivity index (χ3v) is 5.30. The monoisotopic (exact) mass is 448 g/mol. The van der Waals surface area contributed by atoms with Crippen LogP contribution >= 0.6 is 11.8 Å². The number of nitrogens with one attached hydrogen (secondary N) is 3. The van der Waals surface area contributed by atoms with Crippen LogP contribution in [0.1, 0.15) is 47.5 Å². The number of hydrogen-bond donors (Lipinski definition) is 4. The number of benzene rings is 1. The number of rotatable bonds is 11. The highest BCUT2D eigenvalue weighted by atomic mass is 32.2. The Morgan fingerprint density at radius 3 is 2.71 bits per heavy atom. The molecule has 4 N–H and O–H groups in total. The van der Waals surface area contributed by atoms with E-state index in [4.69, 9.17) is 4.74 Å². The van der Waals surface area contributed by atoms with Crippen LogP contribution < -0.4 is 10.6 Å². The van der Waals surface area contributed by atoms with Gasteiger partial charge in [0.2, 0.25) is 11.9 Å². The van der Waals surface area contributed by atoms with Gasteiger partial charge in [-0.25, -0.2) is 4.98 Å². The Morgan fingerprint density at radius 1 is 1.29 bits per heavy atom. The lowest BCUT2D eigenvalue weighted by Crippen LogP contribution is -2.33. The highest BCUT2D eigenvalue weighted by Gasteiger charge is 2.25. The van der Waals surface area contributed by atoms with E-state index < -0.39 is 17.1 Å². The highest BCUT2D eigenvalue weighted by molar-refractivity contribution is 7.99. The molecule has 1 aromatic carbocycles. The number of aliphatic hydroxyl groups is 1. The maximum absolute atomic E-state index is 12.1. The average Bonchev–Trinajstić information content (AvgIpc) is 3.05. The van der Waals surface area contributed by atoms with Crippen LogP contribution in [0.3, 0.4) is 0 Å². The molecule has 0 aliphatic rings. The minimum Gasteiger partial charge on any atom is -0.366 e. The van der Waals surface area contributed by atoms with Gasteiger partial charge in [-0.1, -0.05) is 20.8 Å². The first-order chi connectivity index (χ1) is 14.5. The second-order valence-corrected chi connectivity index (χ2v) is 9.75. The van der Waals surface area contributed by atoms with E-state index in [-0.39, 0.29) is 18.9 Å². The molecular formula is C22H32N4O4S. The second kappa shape index (κ2) is 10.8. The van der Waals surface area contributed by atoms with Crippen LogP contribution in [-0.4, -0.2) is 45.0 Å². The summed E-state index contributed by atoms with van der Waals surface area (Å²) in [6.45, 7) is 9.16. The summed E-state index contributed by atoms with van der Waals surface area (Å²) in [6.07, 6.45) is 3.81. The van der Waals surface area contributed by atoms with Crippen molar-refractivity contribution in [2.24, 2.45) is 5.41 Å². The number of amides is 2. The number of H-pyrrole nitrogens is 1. The number of anilines is 1. The van der Waals surface area contributed by atoms with Crippen molar-refractivity contribution < 1.29 is 19.4 Å². The van der Waals surface area contributed by atoms with E-state index in [2.05, 4.69) is 27.5 Å². The molecule has 2 amide bonds. The van der Waals surface area contributed by atoms with Crippen molar-refractivity contribution in [1.29, 1.82) is 0 Å². The molecule has 0 saturated carbocycles. The molecule has 0 spiro atoms. The Kier molecular flexibility index (Phi) is 8.67. The summed E-state index contributed by atoms with van der Waals surface area (Å²) in [5.74, 6) is -0.529. The standard InChI is InChI=1S/C22H32N4O4S/c1-6-11-31-15-7-8-16-17(12-15)25-20(24-16)26-18(27)9-10-23-19(28)13-21(2,3)14-30-22(4,5)29/h7-10,12,29H,6,11,13-14H2,1-5H3,(H,23,28)(H2,24,25,26,27)/b10-9+. The van der Waals surface area contributed by atoms with Crippen molar-refractivity contribution in [3.63, 3.8) is 0 Å². The molecule has 8 nitrogen and oxygen atoms in total. The van der Waals surface area contributed by atoms with Gasteiger partial charge in [0, 0.05) is 23.6 Å². The minimum absolute atomic E-state index is 0.178. The van der Waals surface area contributed by atoms with Crippen molar-refractivity contribution in [3.05, 3.63) is 30.5 Å². The van der Waals surface area contributed by atoms with Gasteiger partial charge >= 0.3 is 0 Å². The fourth-order valence-electron chi connectivity index (χ4n) is 2.63. The first-order valence-electron chi connectivity index (χ1n) is 10.2. The van der Waals surface area contributed by atoms with Crippen molar-refractivity contribution in [3.8, 4) is 0 Å². The molecule has 0 aliphatic carbocycles. The van der Waals surface area contributed by atoms with Gasteiger partial charge in [0.15, 0.2) is 5.79 Å². The number of carbonyl (C=O) groups is 2. The predicted octanol–water partition coefficient (Wildman–Crippen LogP) is 3.79. The molecule has 9 heteroatoms. The van der Waals surface area contributed by atoms with Gasteiger partial charge < -0.3 is 20.1 Å². The number of ether oxygens (including phenoxy) is 1. The van der Waals surface area contributed by atoms with E-state index >= 15 is 0 Å². The van der Waals surface area contributed by atoms with Crippen LogP contribution in [0.25, 0.3) is 11.0 Å². The van der Waals surface area contributed by atoms with Crippen LogP contribution in [0, 0.1) is 5.41 Å². The number of fused-ring (bicyclic) bond motifs is 1. The van der Waals surface area contributed by atoms with Gasteiger partial charge in [-0.2, -0.15) is 0 Å². The lowest BCUT2D eigenvalue weighted by atomic mass is 9.90. The Hall–Kier alpha value is -2.36. The van der Waals surface area contributed by atoms with E-state index in [0.717, 1.165) is 28.1 Å². The molecule has 0 atom stereocenters. The quantitative estimate of drug-likeness (QED) is 0.236. The Morgan fingerprint density at radius 2 is 2.03 bits per heavy atom. The number of aromatic amines is 1. The zero-order chi connectivity index (χ0) is 23.1. The van der Waals surface area contributed by atoms with E-state index in [0.29, 0.717) is 5.95 Å². The van der Waals surface area contributed by atoms with E-state index in [1.807, 2.05) is 32.0 Å². The molecule has 0 aliphatic heterocycles. The summed E-state index contributed by atoms with van der Waals surface area (Å²) in [6, 6.07) is 5.94. The van der Waals surface area contributed by atoms with Crippen LogP contribution in [0.5, 0.6) is 0 Å². The summed E-state index contributed by atoms with van der Waals surface area (Å²) in [4.78, 5) is 32.8. The van der Waals surface area contributed by atoms with Crippen LogP contribution in [0.2, 0.25) is 0 Å². The largest absolute Gasteiger partial charge is 0.366 e. The highest BCUT2D eigenvalue weighted by Crippen LogP contribution is 2.24. The van der Waals surface area contributed by atoms with Gasteiger partial charge in [0.05, 0.1) is 17.6 Å². The van der Waals surface area contributed by atoms with Crippen LogP contribution in [0.15, 0.2) is 35.4 Å². The molecule has 2 rings (SSSR count). The third-order valence-electron chi connectivity index (χ3n) is 4.10. The molecule has 0 fully saturated rings. The van der Waals surface area contributed by atoms with Gasteiger partial charge in [-0.15, -0.1) is 11.8 Å². The first kappa shape index (κ1) is 24.9. The molecule has 0 bridgehead atoms. The van der Waals surface area contributed by atoms with Gasteiger partial charge in [-0.3, -0.25) is 14.9 Å². The first-order valence-corrected chi connectivity index (χ1v) is 11.2. The van der Waals surface area contributed by atoms with Crippen LogP contribution in [-0.2, 0) is 14.3 Å². The molecule has 1 heterocycles. The van der Waals surface area contributed by atoms with Crippen molar-refractivity contribution in [1.82, 2.24) is 15.3 Å². The van der Waals surface area contributed by atoms with Crippen molar-refractivity contribution >= 4 is 40.6 Å². The SMILES string of the molecule is CCCSc1ccc2nc(NC(=O)/C=C/NC(=O)CC(C)(C)COC(C)(C)O)[nH]c2c1. The maximum Gasteiger partial charge on any atom is 0.252 e. The number of carbonyl (C=O) groups excluding carboxylic acids is 2. The third kappa shape index (κ3) is 9.12. The number of imidazole rings is 1. The molecule has 0 unspecified atom stereocenters. The fraction of sp³-hybridized carbons (Fsp3) is 0.500. The van der Waals surface area contributed by atoms with E-state index in [1.54, 1.807) is 11.8 Å². The summed E-state index contributed by atoms with van der Waals surface area (Å²) in [5.41, 5.74) is 1.15. The summed E-state index contributed by atoms with van der Waals surface area (Å²) in [7, 11) is 0. The van der Waals surface area contributed by atoms with Gasteiger partial charge in [-0.05, 0) is 49.6 Å². The Labute approximate surface area is 187 Å². The maximum atomic E-state index is 12.1. The smallest absolute Gasteiger partial charge is 0.252 e. The fourth-order valence-corrected chi connectivity index (χ4v) is 3.44. The van der Waals surface area contributed by atoms with E-state index in [1.165, 1.54) is 26.1 Å². The van der Waals surface area contributed by atoms with Crippen LogP contribution in [0.4, 0.5) is 5.95 Å². The van der Waals surface area contributed by atoms with Gasteiger partial charge in [0.25, 0.3) is 5.91 Å². The zero-order valence-electron chi connectivity index (χ0n) is 18.7. The lowest BCUT2D eigenvalue weighted by Gasteiger charge is -2.28. The van der Waals surface area contributed by atoms with Crippen molar-refractivity contribution in [2.45, 2.75) is 58.1 Å². The zero-order valence-corrected chi connectivity index (χ0v) is 19.6. The lowest BCUT2D eigenvalue weighted by molar-refractivity contribution is -0.192. The molecule has 0 saturated heterocycles. The topological polar surface area (TPSA) is 116 Å². The van der Waals surface area contributed by atoms with Crippen molar-refractivity contribution in [2.75, 3.05) is 17.7 Å².